The van der Waals surface area contributed by atoms with Crippen LogP contribution in [0.1, 0.15) is 28.3 Å². The lowest BCUT2D eigenvalue weighted by molar-refractivity contribution is -0.190. The van der Waals surface area contributed by atoms with E-state index in [-0.39, 0.29) is 37.5 Å². The molecule has 2 saturated heterocycles. The van der Waals surface area contributed by atoms with Gasteiger partial charge in [-0.3, -0.25) is 9.59 Å². The fourth-order valence-corrected chi connectivity index (χ4v) is 5.20. The number of hydrazine groups is 1. The normalized spacial score (nSPS) is 19.4. The van der Waals surface area contributed by atoms with Gasteiger partial charge < -0.3 is 15.1 Å². The van der Waals surface area contributed by atoms with Crippen molar-refractivity contribution in [2.45, 2.75) is 32.2 Å². The van der Waals surface area contributed by atoms with Crippen molar-refractivity contribution in [3.8, 4) is 12.3 Å². The first-order valence-corrected chi connectivity index (χ1v) is 13.0. The van der Waals surface area contributed by atoms with Gasteiger partial charge in [0.15, 0.2) is 0 Å². The van der Waals surface area contributed by atoms with Crippen LogP contribution in [-0.2, 0) is 22.7 Å². The Kier molecular flexibility index (Phi) is 7.62. The second-order valence-electron chi connectivity index (χ2n) is 9.81. The first-order chi connectivity index (χ1) is 19.0. The Morgan fingerprint density at radius 3 is 2.28 bits per heavy atom. The molecule has 2 aliphatic heterocycles. The zero-order valence-corrected chi connectivity index (χ0v) is 21.9. The van der Waals surface area contributed by atoms with Crippen LogP contribution in [-0.4, -0.2) is 63.5 Å². The number of fused-ring (bicyclic) bond motifs is 1. The molecule has 198 valence electrons. The predicted molar refractivity (Wildman–Crippen MR) is 147 cm³/mol. The molecule has 2 heterocycles. The molecular weight excluding hydrogens is 490 g/mol. The van der Waals surface area contributed by atoms with E-state index in [0.717, 1.165) is 16.7 Å². The molecule has 39 heavy (non-hydrogen) atoms. The van der Waals surface area contributed by atoms with Crippen LogP contribution < -0.4 is 5.32 Å². The standard InChI is InChI=1S/C31H31N5O3/c1-3-18-34-22-28(37)35-27(36(34)31(39)32-19-24-10-6-4-7-11-24)21-33(20-25-16-14-23(2)15-17-25)30(38)29(35)26-12-8-5-9-13-26/h1,4-17,27,29H,18-22H2,2H3,(H,32,39)/t27-,29-/m0/s1. The van der Waals surface area contributed by atoms with E-state index < -0.39 is 12.2 Å². The summed E-state index contributed by atoms with van der Waals surface area (Å²) in [5.41, 5.74) is 3.74. The number of piperazine rings is 1. The molecule has 0 bridgehead atoms. The summed E-state index contributed by atoms with van der Waals surface area (Å²) in [6, 6.07) is 25.6. The summed E-state index contributed by atoms with van der Waals surface area (Å²) in [4.78, 5) is 44.5. The maximum Gasteiger partial charge on any atom is 0.334 e. The van der Waals surface area contributed by atoms with Crippen molar-refractivity contribution < 1.29 is 14.4 Å². The van der Waals surface area contributed by atoms with Gasteiger partial charge in [0.05, 0.1) is 19.6 Å². The largest absolute Gasteiger partial charge is 0.334 e. The van der Waals surface area contributed by atoms with E-state index in [1.165, 1.54) is 5.01 Å². The summed E-state index contributed by atoms with van der Waals surface area (Å²) in [5, 5.41) is 6.09. The SMILES string of the molecule is C#CCN1CC(=O)N2[C@@H](c3ccccc3)C(=O)N(Cc3ccc(C)cc3)C[C@@H]2N1C(=O)NCc1ccccc1. The topological polar surface area (TPSA) is 76.2 Å². The summed E-state index contributed by atoms with van der Waals surface area (Å²) in [5.74, 6) is 2.14. The summed E-state index contributed by atoms with van der Waals surface area (Å²) in [6.45, 7) is 2.82. The quantitative estimate of drug-likeness (QED) is 0.505. The Hall–Kier alpha value is -4.61. The summed E-state index contributed by atoms with van der Waals surface area (Å²) >= 11 is 0. The molecule has 8 heteroatoms. The molecule has 2 aliphatic rings. The lowest BCUT2D eigenvalue weighted by Crippen LogP contribution is -2.74. The van der Waals surface area contributed by atoms with E-state index >= 15 is 0 Å². The molecule has 3 aromatic carbocycles. The fourth-order valence-electron chi connectivity index (χ4n) is 5.20. The van der Waals surface area contributed by atoms with Gasteiger partial charge in [0.1, 0.15) is 12.2 Å². The first kappa shape index (κ1) is 26.0. The van der Waals surface area contributed by atoms with Gasteiger partial charge in [-0.25, -0.2) is 9.80 Å². The molecule has 0 spiro atoms. The zero-order valence-electron chi connectivity index (χ0n) is 21.9. The molecule has 2 atom stereocenters. The van der Waals surface area contributed by atoms with Crippen LogP contribution >= 0.6 is 0 Å². The van der Waals surface area contributed by atoms with Crippen molar-refractivity contribution in [3.05, 3.63) is 107 Å². The Morgan fingerprint density at radius 1 is 0.949 bits per heavy atom. The Morgan fingerprint density at radius 2 is 1.62 bits per heavy atom. The van der Waals surface area contributed by atoms with Crippen molar-refractivity contribution in [1.82, 2.24) is 25.1 Å². The van der Waals surface area contributed by atoms with Gasteiger partial charge in [-0.2, -0.15) is 5.01 Å². The van der Waals surface area contributed by atoms with E-state index in [1.54, 1.807) is 14.8 Å². The van der Waals surface area contributed by atoms with Crippen molar-refractivity contribution in [2.24, 2.45) is 0 Å². The highest BCUT2D eigenvalue weighted by Gasteiger charge is 2.51. The van der Waals surface area contributed by atoms with Crippen molar-refractivity contribution in [3.63, 3.8) is 0 Å². The summed E-state index contributed by atoms with van der Waals surface area (Å²) < 4.78 is 0. The summed E-state index contributed by atoms with van der Waals surface area (Å²) in [6.07, 6.45) is 4.91. The van der Waals surface area contributed by atoms with Crippen molar-refractivity contribution in [2.75, 3.05) is 19.6 Å². The zero-order chi connectivity index (χ0) is 27.4. The molecule has 8 nitrogen and oxygen atoms in total. The van der Waals surface area contributed by atoms with E-state index in [0.29, 0.717) is 18.7 Å². The molecule has 0 aromatic heterocycles. The van der Waals surface area contributed by atoms with E-state index in [1.807, 2.05) is 91.9 Å². The van der Waals surface area contributed by atoms with E-state index in [2.05, 4.69) is 11.2 Å². The smallest absolute Gasteiger partial charge is 0.333 e. The second-order valence-corrected chi connectivity index (χ2v) is 9.81. The third-order valence-corrected chi connectivity index (χ3v) is 7.10. The first-order valence-electron chi connectivity index (χ1n) is 13.0. The Bertz CT molecular complexity index is 1370. The molecule has 4 amide bonds. The van der Waals surface area contributed by atoms with E-state index in [4.69, 9.17) is 6.42 Å². The molecule has 2 fully saturated rings. The Balaban J connectivity index is 1.51. The van der Waals surface area contributed by atoms with Crippen molar-refractivity contribution in [1.29, 1.82) is 0 Å². The molecule has 0 saturated carbocycles. The number of aryl methyl sites for hydroxylation is 1. The number of rotatable bonds is 6. The monoisotopic (exact) mass is 521 g/mol. The van der Waals surface area contributed by atoms with Crippen molar-refractivity contribution >= 4 is 17.8 Å². The van der Waals surface area contributed by atoms with Crippen LogP contribution in [0.25, 0.3) is 0 Å². The number of terminal acetylenes is 1. The van der Waals surface area contributed by atoms with E-state index in [9.17, 15) is 14.4 Å². The van der Waals surface area contributed by atoms with Crippen LogP contribution in [0.5, 0.6) is 0 Å². The number of benzene rings is 3. The molecule has 0 unspecified atom stereocenters. The maximum absolute atomic E-state index is 14.0. The van der Waals surface area contributed by atoms with Crippen LogP contribution in [0.2, 0.25) is 0 Å². The minimum atomic E-state index is -0.861. The molecule has 0 aliphatic carbocycles. The minimum Gasteiger partial charge on any atom is -0.333 e. The number of nitrogens with one attached hydrogen (secondary N) is 1. The van der Waals surface area contributed by atoms with Crippen LogP contribution in [0.4, 0.5) is 4.79 Å². The minimum absolute atomic E-state index is 0.0801. The van der Waals surface area contributed by atoms with Gasteiger partial charge in [0.2, 0.25) is 5.91 Å². The number of hydrogen-bond acceptors (Lipinski definition) is 4. The van der Waals surface area contributed by atoms with Gasteiger partial charge in [-0.15, -0.1) is 6.42 Å². The number of hydrogen-bond donors (Lipinski definition) is 1. The van der Waals surface area contributed by atoms with Gasteiger partial charge >= 0.3 is 6.03 Å². The van der Waals surface area contributed by atoms with Crippen LogP contribution in [0.15, 0.2) is 84.9 Å². The maximum atomic E-state index is 14.0. The molecule has 5 rings (SSSR count). The molecule has 0 radical (unpaired) electrons. The number of nitrogens with zero attached hydrogens (tertiary/aromatic N) is 4. The Labute approximate surface area is 228 Å². The van der Waals surface area contributed by atoms with Gasteiger partial charge in [-0.05, 0) is 23.6 Å². The van der Waals surface area contributed by atoms with Gasteiger partial charge in [-0.1, -0.05) is 96.4 Å². The summed E-state index contributed by atoms with van der Waals surface area (Å²) in [7, 11) is 0. The number of amides is 4. The number of carbonyl (C=O) groups excluding carboxylic acids is 3. The average molecular weight is 522 g/mol. The van der Waals surface area contributed by atoms with Crippen LogP contribution in [0, 0.1) is 19.3 Å². The highest BCUT2D eigenvalue weighted by molar-refractivity contribution is 5.92. The number of urea groups is 1. The fraction of sp³-hybridized carbons (Fsp3) is 0.258. The highest BCUT2D eigenvalue weighted by atomic mass is 16.2. The van der Waals surface area contributed by atoms with Crippen LogP contribution in [0.3, 0.4) is 0 Å². The van der Waals surface area contributed by atoms with Gasteiger partial charge in [0, 0.05) is 13.1 Å². The highest BCUT2D eigenvalue weighted by Crippen LogP contribution is 2.35. The molecule has 1 N–H and O–H groups in total. The lowest BCUT2D eigenvalue weighted by Gasteiger charge is -2.54. The third-order valence-electron chi connectivity index (χ3n) is 7.10. The number of carbonyl (C=O) groups is 3. The molecular formula is C31H31N5O3. The second kappa shape index (κ2) is 11.4. The predicted octanol–water partition coefficient (Wildman–Crippen LogP) is 3.31. The lowest BCUT2D eigenvalue weighted by atomic mass is 9.98. The average Bonchev–Trinajstić information content (AvgIpc) is 2.95. The third kappa shape index (κ3) is 5.49. The van der Waals surface area contributed by atoms with Gasteiger partial charge in [0.25, 0.3) is 5.91 Å². The molecule has 3 aromatic rings.